The van der Waals surface area contributed by atoms with Gasteiger partial charge in [-0.05, 0) is 19.3 Å². The number of methoxy groups -OCH3 is 1. The summed E-state index contributed by atoms with van der Waals surface area (Å²) in [6, 6.07) is 0.358. The quantitative estimate of drug-likeness (QED) is 0.371. The molecule has 0 aliphatic heterocycles. The van der Waals surface area contributed by atoms with Gasteiger partial charge in [-0.15, -0.1) is 0 Å². The molecule has 0 radical (unpaired) electrons. The van der Waals surface area contributed by atoms with Crippen LogP contribution in [0.1, 0.15) is 25.7 Å². The maximum atomic E-state index is 11.2. The Balaban J connectivity index is 2.00. The molecule has 2 N–H and O–H groups in total. The molecule has 0 spiro atoms. The van der Waals surface area contributed by atoms with E-state index in [9.17, 15) is 14.4 Å². The summed E-state index contributed by atoms with van der Waals surface area (Å²) in [7, 11) is 1.14. The predicted molar refractivity (Wildman–Crippen MR) is 55.4 cm³/mol. The fraction of sp³-hybridized carbons (Fsp3) is 0.700. The number of carbonyl (C=O) groups is 3. The molecule has 1 aliphatic carbocycles. The second-order valence-electron chi connectivity index (χ2n) is 3.69. The van der Waals surface area contributed by atoms with Crippen molar-refractivity contribution in [1.29, 1.82) is 0 Å². The van der Waals surface area contributed by atoms with Crippen molar-refractivity contribution in [2.75, 3.05) is 13.7 Å². The standard InChI is InChI=1S/C10H16N2O4/c1-16-10(15)9(14)11-6-2-3-8(13)12-7-4-5-7/h7H,2-6H2,1H3,(H,11,14)(H,12,13). The van der Waals surface area contributed by atoms with Crippen molar-refractivity contribution >= 4 is 17.8 Å². The predicted octanol–water partition coefficient (Wildman–Crippen LogP) is -0.666. The van der Waals surface area contributed by atoms with E-state index in [0.29, 0.717) is 25.4 Å². The van der Waals surface area contributed by atoms with E-state index in [1.54, 1.807) is 0 Å². The summed E-state index contributed by atoms with van der Waals surface area (Å²) in [5, 5.41) is 5.20. The zero-order valence-corrected chi connectivity index (χ0v) is 9.25. The minimum absolute atomic E-state index is 0.00480. The molecular formula is C10H16N2O4. The number of nitrogens with one attached hydrogen (secondary N) is 2. The summed E-state index contributed by atoms with van der Waals surface area (Å²) in [6.45, 7) is 0.298. The summed E-state index contributed by atoms with van der Waals surface area (Å²) in [4.78, 5) is 32.8. The lowest BCUT2D eigenvalue weighted by molar-refractivity contribution is -0.152. The molecule has 0 unspecified atom stereocenters. The topological polar surface area (TPSA) is 84.5 Å². The van der Waals surface area contributed by atoms with Crippen molar-refractivity contribution in [2.45, 2.75) is 31.7 Å². The van der Waals surface area contributed by atoms with Crippen LogP contribution in [0.15, 0.2) is 0 Å². The van der Waals surface area contributed by atoms with E-state index < -0.39 is 11.9 Å². The van der Waals surface area contributed by atoms with Crippen LogP contribution in [0.25, 0.3) is 0 Å². The van der Waals surface area contributed by atoms with Gasteiger partial charge in [-0.3, -0.25) is 9.59 Å². The van der Waals surface area contributed by atoms with E-state index >= 15 is 0 Å². The number of hydrogen-bond donors (Lipinski definition) is 2. The Hall–Kier alpha value is -1.59. The van der Waals surface area contributed by atoms with Gasteiger partial charge in [0.1, 0.15) is 0 Å². The summed E-state index contributed by atoms with van der Waals surface area (Å²) in [6.07, 6.45) is 2.99. The van der Waals surface area contributed by atoms with Gasteiger partial charge >= 0.3 is 11.9 Å². The van der Waals surface area contributed by atoms with Crippen LogP contribution >= 0.6 is 0 Å². The molecule has 1 aliphatic rings. The highest BCUT2D eigenvalue weighted by Crippen LogP contribution is 2.18. The molecule has 2 amide bonds. The zero-order chi connectivity index (χ0) is 12.0. The van der Waals surface area contributed by atoms with E-state index in [0.717, 1.165) is 20.0 Å². The van der Waals surface area contributed by atoms with Gasteiger partial charge in [-0.25, -0.2) is 4.79 Å². The minimum atomic E-state index is -0.914. The smallest absolute Gasteiger partial charge is 0.396 e. The van der Waals surface area contributed by atoms with Crippen LogP contribution < -0.4 is 10.6 Å². The molecule has 6 nitrogen and oxygen atoms in total. The first-order valence-corrected chi connectivity index (χ1v) is 5.29. The normalized spacial score (nSPS) is 14.1. The summed E-state index contributed by atoms with van der Waals surface area (Å²) < 4.78 is 4.22. The molecule has 0 aromatic rings. The van der Waals surface area contributed by atoms with Crippen molar-refractivity contribution in [2.24, 2.45) is 0 Å². The average Bonchev–Trinajstić information content (AvgIpc) is 3.06. The molecule has 0 atom stereocenters. The average molecular weight is 228 g/mol. The Labute approximate surface area is 93.7 Å². The molecule has 0 saturated heterocycles. The lowest BCUT2D eigenvalue weighted by Gasteiger charge is -2.04. The van der Waals surface area contributed by atoms with Crippen LogP contribution in [0.4, 0.5) is 0 Å². The van der Waals surface area contributed by atoms with E-state index in [1.807, 2.05) is 0 Å². The lowest BCUT2D eigenvalue weighted by atomic mass is 10.3. The lowest BCUT2D eigenvalue weighted by Crippen LogP contribution is -2.33. The summed E-state index contributed by atoms with van der Waals surface area (Å²) in [5.74, 6) is -1.69. The zero-order valence-electron chi connectivity index (χ0n) is 9.25. The van der Waals surface area contributed by atoms with Crippen molar-refractivity contribution in [1.82, 2.24) is 10.6 Å². The van der Waals surface area contributed by atoms with E-state index in [2.05, 4.69) is 15.4 Å². The first-order valence-electron chi connectivity index (χ1n) is 5.29. The Kier molecular flexibility index (Phi) is 4.75. The largest absolute Gasteiger partial charge is 0.462 e. The first kappa shape index (κ1) is 12.5. The van der Waals surface area contributed by atoms with Crippen LogP contribution in [-0.4, -0.2) is 37.5 Å². The Bertz CT molecular complexity index is 287. The molecule has 0 aromatic carbocycles. The van der Waals surface area contributed by atoms with Crippen molar-refractivity contribution in [3.8, 4) is 0 Å². The van der Waals surface area contributed by atoms with Gasteiger partial charge in [0.15, 0.2) is 0 Å². The molecule has 1 rings (SSSR count). The van der Waals surface area contributed by atoms with Gasteiger partial charge in [-0.2, -0.15) is 0 Å². The Morgan fingerprint density at radius 2 is 2.00 bits per heavy atom. The molecule has 16 heavy (non-hydrogen) atoms. The molecule has 1 fully saturated rings. The third kappa shape index (κ3) is 4.77. The maximum Gasteiger partial charge on any atom is 0.396 e. The number of rotatable bonds is 5. The second kappa shape index (κ2) is 6.09. The number of ether oxygens (including phenoxy) is 1. The number of carbonyl (C=O) groups excluding carboxylic acids is 3. The van der Waals surface area contributed by atoms with Gasteiger partial charge in [0.25, 0.3) is 0 Å². The van der Waals surface area contributed by atoms with Crippen LogP contribution in [0, 0.1) is 0 Å². The van der Waals surface area contributed by atoms with Gasteiger partial charge in [0.05, 0.1) is 7.11 Å². The highest BCUT2D eigenvalue weighted by Gasteiger charge is 2.22. The second-order valence-corrected chi connectivity index (χ2v) is 3.69. The Morgan fingerprint density at radius 1 is 1.31 bits per heavy atom. The van der Waals surface area contributed by atoms with Crippen LogP contribution in [0.5, 0.6) is 0 Å². The number of amides is 2. The first-order chi connectivity index (χ1) is 7.63. The molecule has 6 heteroatoms. The fourth-order valence-electron chi connectivity index (χ4n) is 1.14. The molecule has 0 aromatic heterocycles. The van der Waals surface area contributed by atoms with E-state index in [4.69, 9.17) is 0 Å². The molecule has 0 heterocycles. The van der Waals surface area contributed by atoms with Gasteiger partial charge in [0.2, 0.25) is 5.91 Å². The van der Waals surface area contributed by atoms with Crippen molar-refractivity contribution in [3.05, 3.63) is 0 Å². The molecule has 1 saturated carbocycles. The minimum Gasteiger partial charge on any atom is -0.462 e. The Morgan fingerprint density at radius 3 is 2.56 bits per heavy atom. The van der Waals surface area contributed by atoms with Gasteiger partial charge < -0.3 is 15.4 Å². The van der Waals surface area contributed by atoms with Gasteiger partial charge in [-0.1, -0.05) is 0 Å². The summed E-state index contributed by atoms with van der Waals surface area (Å²) >= 11 is 0. The van der Waals surface area contributed by atoms with Gasteiger partial charge in [0, 0.05) is 19.0 Å². The third-order valence-corrected chi connectivity index (χ3v) is 2.18. The third-order valence-electron chi connectivity index (χ3n) is 2.18. The highest BCUT2D eigenvalue weighted by atomic mass is 16.5. The number of hydrogen-bond acceptors (Lipinski definition) is 4. The monoisotopic (exact) mass is 228 g/mol. The van der Waals surface area contributed by atoms with Crippen LogP contribution in [0.3, 0.4) is 0 Å². The molecular weight excluding hydrogens is 212 g/mol. The van der Waals surface area contributed by atoms with Crippen LogP contribution in [-0.2, 0) is 19.1 Å². The maximum absolute atomic E-state index is 11.2. The van der Waals surface area contributed by atoms with E-state index in [-0.39, 0.29) is 5.91 Å². The molecule has 0 bridgehead atoms. The van der Waals surface area contributed by atoms with Crippen LogP contribution in [0.2, 0.25) is 0 Å². The van der Waals surface area contributed by atoms with Crippen molar-refractivity contribution < 1.29 is 19.1 Å². The summed E-state index contributed by atoms with van der Waals surface area (Å²) in [5.41, 5.74) is 0. The highest BCUT2D eigenvalue weighted by molar-refractivity contribution is 6.32. The number of esters is 1. The SMILES string of the molecule is COC(=O)C(=O)NCCCC(=O)NC1CC1. The molecule has 90 valence electrons. The van der Waals surface area contributed by atoms with Crippen molar-refractivity contribution in [3.63, 3.8) is 0 Å². The van der Waals surface area contributed by atoms with E-state index in [1.165, 1.54) is 0 Å². The fourth-order valence-corrected chi connectivity index (χ4v) is 1.14.